The van der Waals surface area contributed by atoms with Gasteiger partial charge in [-0.25, -0.2) is 4.39 Å². The smallest absolute Gasteiger partial charge is 0.123 e. The van der Waals surface area contributed by atoms with Crippen molar-refractivity contribution in [3.63, 3.8) is 0 Å². The monoisotopic (exact) mass is 672 g/mol. The van der Waals surface area contributed by atoms with Crippen molar-refractivity contribution < 1.29 is 4.39 Å². The fraction of sp³-hybridized carbons (Fsp3) is 0.422. The van der Waals surface area contributed by atoms with Crippen molar-refractivity contribution in [2.75, 3.05) is 0 Å². The van der Waals surface area contributed by atoms with Crippen LogP contribution in [0.2, 0.25) is 0 Å². The van der Waals surface area contributed by atoms with Crippen molar-refractivity contribution in [3.05, 3.63) is 156 Å². The normalized spacial score (nSPS) is 12.5. The van der Waals surface area contributed by atoms with Crippen LogP contribution >= 0.6 is 0 Å². The second-order valence-corrected chi connectivity index (χ2v) is 12.8. The lowest BCUT2D eigenvalue weighted by atomic mass is 9.94. The largest absolute Gasteiger partial charge is 0.379 e. The number of hydrogen-bond donors (Lipinski definition) is 3. The second kappa shape index (κ2) is 28.0. The van der Waals surface area contributed by atoms with E-state index in [1.165, 1.54) is 34.4 Å². The summed E-state index contributed by atoms with van der Waals surface area (Å²) in [5.41, 5.74) is 13.7. The molecule has 4 heteroatoms. The molecule has 49 heavy (non-hydrogen) atoms. The Labute approximate surface area is 301 Å². The standard InChI is InChI=1S/C21H33N3.C12H20.C9H11F.C3H6/c1-7-16(2)23-17(3)20(24-18(4)21(5,6)22)15-11-14-19-12-9-8-10-13-19;1-6-8-9-12(7-2)11(5)10(3)4;1-2-3-8-4-6-9(10)7-5-8;1-3-2/h7-10,12-13,20,23-24H,3-4,11,14-15,22H2,1-2,5-6H3;7-9,11H,3,6H2,1-2,4-5H3;4-7H,2-3H2,1H3;3H,1H2,2H3/b16-7+;9-8-,12-7+;;. The predicted molar refractivity (Wildman–Crippen MR) is 219 cm³/mol. The summed E-state index contributed by atoms with van der Waals surface area (Å²) in [5.74, 6) is 0.331. The van der Waals surface area contributed by atoms with E-state index >= 15 is 0 Å². The number of hydrogen-bond acceptors (Lipinski definition) is 3. The zero-order chi connectivity index (χ0) is 37.8. The van der Waals surface area contributed by atoms with Crippen molar-refractivity contribution in [2.45, 2.75) is 119 Å². The first-order chi connectivity index (χ1) is 23.1. The maximum absolute atomic E-state index is 12.3. The highest BCUT2D eigenvalue weighted by molar-refractivity contribution is 5.26. The molecule has 0 radical (unpaired) electrons. The Kier molecular flexibility index (Phi) is 27.0. The Hall–Kier alpha value is -3.89. The third-order valence-electron chi connectivity index (χ3n) is 7.71. The molecule has 0 saturated heterocycles. The Morgan fingerprint density at radius 3 is 1.90 bits per heavy atom. The van der Waals surface area contributed by atoms with Gasteiger partial charge in [-0.1, -0.05) is 125 Å². The van der Waals surface area contributed by atoms with Gasteiger partial charge in [0.15, 0.2) is 0 Å². The summed E-state index contributed by atoms with van der Waals surface area (Å²) in [4.78, 5) is 0. The highest BCUT2D eigenvalue weighted by atomic mass is 19.1. The lowest BCUT2D eigenvalue weighted by molar-refractivity contribution is 0.482. The summed E-state index contributed by atoms with van der Waals surface area (Å²) in [6, 6.07) is 17.3. The molecule has 0 bridgehead atoms. The van der Waals surface area contributed by atoms with Crippen LogP contribution in [0.4, 0.5) is 4.39 Å². The Balaban J connectivity index is 0. The predicted octanol–water partition coefficient (Wildman–Crippen LogP) is 12.3. The van der Waals surface area contributed by atoms with Crippen LogP contribution in [0.5, 0.6) is 0 Å². The number of rotatable bonds is 16. The van der Waals surface area contributed by atoms with Crippen LogP contribution in [0.3, 0.4) is 0 Å². The van der Waals surface area contributed by atoms with E-state index < -0.39 is 5.54 Å². The quantitative estimate of drug-likeness (QED) is 0.123. The molecule has 0 amide bonds. The fourth-order valence-corrected chi connectivity index (χ4v) is 4.27. The van der Waals surface area contributed by atoms with Crippen LogP contribution in [0.15, 0.2) is 140 Å². The van der Waals surface area contributed by atoms with E-state index in [0.29, 0.717) is 5.92 Å². The molecule has 0 aliphatic carbocycles. The highest BCUT2D eigenvalue weighted by Gasteiger charge is 2.20. The van der Waals surface area contributed by atoms with E-state index in [-0.39, 0.29) is 11.9 Å². The number of nitrogens with one attached hydrogen (secondary N) is 2. The van der Waals surface area contributed by atoms with Crippen LogP contribution in [-0.2, 0) is 12.8 Å². The molecule has 3 nitrogen and oxygen atoms in total. The number of nitrogens with two attached hydrogens (primary N) is 1. The van der Waals surface area contributed by atoms with Gasteiger partial charge >= 0.3 is 0 Å². The number of aryl methyl sites for hydroxylation is 2. The Morgan fingerprint density at radius 1 is 0.898 bits per heavy atom. The fourth-order valence-electron chi connectivity index (χ4n) is 4.27. The topological polar surface area (TPSA) is 50.1 Å². The molecule has 2 aromatic rings. The average molecular weight is 672 g/mol. The van der Waals surface area contributed by atoms with Gasteiger partial charge < -0.3 is 16.4 Å². The Bertz CT molecular complexity index is 1290. The van der Waals surface area contributed by atoms with Crippen molar-refractivity contribution in [2.24, 2.45) is 11.7 Å². The minimum atomic E-state index is -0.465. The van der Waals surface area contributed by atoms with Crippen LogP contribution in [0.25, 0.3) is 0 Å². The molecule has 0 heterocycles. The molecule has 0 aliphatic rings. The van der Waals surface area contributed by atoms with E-state index in [0.717, 1.165) is 55.6 Å². The lowest BCUT2D eigenvalue weighted by Crippen LogP contribution is -2.45. The minimum Gasteiger partial charge on any atom is -0.379 e. The van der Waals surface area contributed by atoms with Crippen LogP contribution in [0, 0.1) is 11.7 Å². The third kappa shape index (κ3) is 24.0. The van der Waals surface area contributed by atoms with Crippen molar-refractivity contribution in [3.8, 4) is 0 Å². The molecule has 0 aliphatic heterocycles. The van der Waals surface area contributed by atoms with Gasteiger partial charge in [0.1, 0.15) is 5.82 Å². The van der Waals surface area contributed by atoms with Crippen LogP contribution in [-0.4, -0.2) is 11.6 Å². The van der Waals surface area contributed by atoms with Crippen LogP contribution < -0.4 is 16.4 Å². The third-order valence-corrected chi connectivity index (χ3v) is 7.71. The van der Waals surface area contributed by atoms with E-state index in [1.807, 2.05) is 58.9 Å². The molecule has 0 fully saturated rings. The van der Waals surface area contributed by atoms with Crippen molar-refractivity contribution >= 4 is 0 Å². The van der Waals surface area contributed by atoms with Crippen molar-refractivity contribution in [1.29, 1.82) is 0 Å². The first kappa shape index (κ1) is 47.2. The number of benzene rings is 2. The molecule has 2 aromatic carbocycles. The van der Waals surface area contributed by atoms with Gasteiger partial charge in [-0.2, -0.15) is 0 Å². The zero-order valence-corrected chi connectivity index (χ0v) is 32.8. The first-order valence-corrected chi connectivity index (χ1v) is 17.8. The molecule has 2 rings (SSSR count). The highest BCUT2D eigenvalue weighted by Crippen LogP contribution is 2.19. The van der Waals surface area contributed by atoms with Crippen molar-refractivity contribution in [1.82, 2.24) is 10.6 Å². The molecule has 272 valence electrons. The summed E-state index contributed by atoms with van der Waals surface area (Å²) in [7, 11) is 0. The second-order valence-electron chi connectivity index (χ2n) is 12.8. The van der Waals surface area contributed by atoms with Gasteiger partial charge in [-0.3, -0.25) is 0 Å². The molecule has 0 saturated carbocycles. The first-order valence-electron chi connectivity index (χ1n) is 17.8. The molecule has 0 spiro atoms. The maximum Gasteiger partial charge on any atom is 0.123 e. The van der Waals surface area contributed by atoms with Gasteiger partial charge in [0, 0.05) is 28.5 Å². The summed E-state index contributed by atoms with van der Waals surface area (Å²) in [6.07, 6.45) is 16.7. The van der Waals surface area contributed by atoms with Gasteiger partial charge in [0.25, 0.3) is 0 Å². The van der Waals surface area contributed by atoms with Gasteiger partial charge in [0.2, 0.25) is 0 Å². The van der Waals surface area contributed by atoms with E-state index in [4.69, 9.17) is 5.73 Å². The molecular weight excluding hydrogens is 602 g/mol. The molecule has 0 aromatic heterocycles. The number of halogens is 1. The van der Waals surface area contributed by atoms with Gasteiger partial charge in [-0.05, 0) is 109 Å². The summed E-state index contributed by atoms with van der Waals surface area (Å²) < 4.78 is 12.3. The van der Waals surface area contributed by atoms with Gasteiger partial charge in [0.05, 0.1) is 6.04 Å². The number of allylic oxidation sites excluding steroid dienone is 8. The molecule has 4 N–H and O–H groups in total. The van der Waals surface area contributed by atoms with E-state index in [9.17, 15) is 4.39 Å². The zero-order valence-electron chi connectivity index (χ0n) is 32.8. The lowest BCUT2D eigenvalue weighted by Gasteiger charge is -2.30. The van der Waals surface area contributed by atoms with Gasteiger partial charge in [-0.15, -0.1) is 6.58 Å². The maximum atomic E-state index is 12.3. The SMILES string of the molecule is C=C(C)C(C)C(/C=C\CC)=C/C.C=C(N/C(C)=C/C)C(CCCc1ccccc1)NC(=C)C(C)(C)N.C=CC.CCCc1ccc(F)cc1. The average Bonchev–Trinajstić information content (AvgIpc) is 3.06. The minimum absolute atomic E-state index is 0.0962. The molecular formula is C45H70FN3. The van der Waals surface area contributed by atoms with E-state index in [2.05, 4.69) is 114 Å². The van der Waals surface area contributed by atoms with Crippen LogP contribution in [0.1, 0.15) is 106 Å². The summed E-state index contributed by atoms with van der Waals surface area (Å²) >= 11 is 0. The molecule has 2 unspecified atom stereocenters. The summed E-state index contributed by atoms with van der Waals surface area (Å²) in [6.45, 7) is 36.1. The Morgan fingerprint density at radius 2 is 1.45 bits per heavy atom. The summed E-state index contributed by atoms with van der Waals surface area (Å²) in [5, 5.41) is 6.82. The molecule has 2 atom stereocenters. The van der Waals surface area contributed by atoms with E-state index in [1.54, 1.807) is 6.08 Å².